The third-order valence-electron chi connectivity index (χ3n) is 9.86. The summed E-state index contributed by atoms with van der Waals surface area (Å²) in [6.07, 6.45) is 2.37. The van der Waals surface area contributed by atoms with Crippen LogP contribution < -0.4 is 0 Å². The number of ether oxygens (including phenoxy) is 3. The van der Waals surface area contributed by atoms with Crippen molar-refractivity contribution >= 4 is 35.4 Å². The first-order chi connectivity index (χ1) is 27.0. The van der Waals surface area contributed by atoms with Crippen molar-refractivity contribution in [2.45, 2.75) is 89.6 Å². The SMILES string of the molecule is CC[C@](CCCCOC(=O)[C@@H](C)c1ccc(C(=O)c2ccccc2)cc1)(OC(=O)CCCCCOC(=O)[C@@H](C)c1cccc(C(=O)c2ccccc2)c1)C(=O)O. The van der Waals surface area contributed by atoms with Crippen LogP contribution in [0.1, 0.15) is 127 Å². The van der Waals surface area contributed by atoms with Gasteiger partial charge in [0.2, 0.25) is 5.60 Å². The molecule has 4 rings (SSSR count). The van der Waals surface area contributed by atoms with E-state index >= 15 is 0 Å². The molecule has 0 saturated carbocycles. The smallest absolute Gasteiger partial charge is 0.348 e. The van der Waals surface area contributed by atoms with E-state index in [1.54, 1.807) is 118 Å². The van der Waals surface area contributed by atoms with Crippen LogP contribution in [0.4, 0.5) is 0 Å². The number of esters is 3. The van der Waals surface area contributed by atoms with E-state index in [9.17, 15) is 33.9 Å². The fraction of sp³-hybridized carbons (Fsp3) is 0.348. The van der Waals surface area contributed by atoms with Crippen molar-refractivity contribution in [3.8, 4) is 0 Å². The summed E-state index contributed by atoms with van der Waals surface area (Å²) in [5, 5.41) is 10.0. The molecule has 56 heavy (non-hydrogen) atoms. The van der Waals surface area contributed by atoms with Crippen molar-refractivity contribution in [3.63, 3.8) is 0 Å². The number of aliphatic carboxylic acids is 1. The summed E-state index contributed by atoms with van der Waals surface area (Å²) in [4.78, 5) is 75.9. The van der Waals surface area contributed by atoms with Gasteiger partial charge in [0.15, 0.2) is 11.6 Å². The summed E-state index contributed by atoms with van der Waals surface area (Å²) < 4.78 is 16.4. The van der Waals surface area contributed by atoms with Crippen LogP contribution in [-0.4, -0.2) is 59.4 Å². The highest BCUT2D eigenvalue weighted by atomic mass is 16.6. The summed E-state index contributed by atoms with van der Waals surface area (Å²) >= 11 is 0. The second-order valence-corrected chi connectivity index (χ2v) is 13.8. The molecule has 0 heterocycles. The highest BCUT2D eigenvalue weighted by molar-refractivity contribution is 6.09. The summed E-state index contributed by atoms with van der Waals surface area (Å²) in [6.45, 7) is 5.31. The Morgan fingerprint density at radius 2 is 1.07 bits per heavy atom. The lowest BCUT2D eigenvalue weighted by molar-refractivity contribution is -0.180. The van der Waals surface area contributed by atoms with Crippen molar-refractivity contribution in [2.75, 3.05) is 13.2 Å². The van der Waals surface area contributed by atoms with Gasteiger partial charge >= 0.3 is 23.9 Å². The molecule has 0 aliphatic rings. The minimum absolute atomic E-state index is 0.0124. The quantitative estimate of drug-likeness (QED) is 0.0357. The Balaban J connectivity index is 1.13. The first-order valence-corrected chi connectivity index (χ1v) is 19.1. The lowest BCUT2D eigenvalue weighted by Gasteiger charge is -2.28. The van der Waals surface area contributed by atoms with E-state index in [2.05, 4.69) is 0 Å². The average Bonchev–Trinajstić information content (AvgIpc) is 3.23. The van der Waals surface area contributed by atoms with Gasteiger partial charge in [-0.2, -0.15) is 0 Å². The molecule has 1 N–H and O–H groups in total. The van der Waals surface area contributed by atoms with Gasteiger partial charge in [0.25, 0.3) is 0 Å². The number of carboxylic acids is 1. The normalized spacial score (nSPS) is 13.1. The molecular weight excluding hydrogens is 712 g/mol. The minimum atomic E-state index is -1.69. The van der Waals surface area contributed by atoms with E-state index in [0.29, 0.717) is 65.5 Å². The Bertz CT molecular complexity index is 1940. The molecule has 0 aliphatic carbocycles. The van der Waals surface area contributed by atoms with Crippen molar-refractivity contribution < 1.29 is 48.1 Å². The molecule has 0 spiro atoms. The number of rotatable bonds is 22. The molecule has 3 atom stereocenters. The van der Waals surface area contributed by atoms with Gasteiger partial charge < -0.3 is 19.3 Å². The molecule has 10 heteroatoms. The van der Waals surface area contributed by atoms with Crippen LogP contribution >= 0.6 is 0 Å². The predicted molar refractivity (Wildman–Crippen MR) is 210 cm³/mol. The fourth-order valence-corrected chi connectivity index (χ4v) is 6.18. The molecule has 10 nitrogen and oxygen atoms in total. The zero-order valence-corrected chi connectivity index (χ0v) is 32.2. The van der Waals surface area contributed by atoms with Gasteiger partial charge in [-0.05, 0) is 76.0 Å². The van der Waals surface area contributed by atoms with Crippen LogP contribution in [-0.2, 0) is 33.4 Å². The van der Waals surface area contributed by atoms with Crippen LogP contribution in [0.2, 0.25) is 0 Å². The molecule has 0 amide bonds. The van der Waals surface area contributed by atoms with Gasteiger partial charge in [-0.15, -0.1) is 0 Å². The zero-order chi connectivity index (χ0) is 40.5. The second kappa shape index (κ2) is 21.3. The van der Waals surface area contributed by atoms with Gasteiger partial charge in [0, 0.05) is 28.7 Å². The first-order valence-electron chi connectivity index (χ1n) is 19.1. The van der Waals surface area contributed by atoms with E-state index in [4.69, 9.17) is 14.2 Å². The molecular formula is C46H50O10. The van der Waals surface area contributed by atoms with Crippen molar-refractivity contribution in [3.05, 3.63) is 143 Å². The monoisotopic (exact) mass is 762 g/mol. The Kier molecular flexibility index (Phi) is 16.3. The highest BCUT2D eigenvalue weighted by Gasteiger charge is 2.40. The first kappa shape index (κ1) is 42.8. The van der Waals surface area contributed by atoms with E-state index in [0.717, 1.165) is 0 Å². The van der Waals surface area contributed by atoms with Gasteiger partial charge in [0.05, 0.1) is 25.0 Å². The fourth-order valence-electron chi connectivity index (χ4n) is 6.18. The van der Waals surface area contributed by atoms with E-state index in [1.807, 2.05) is 12.1 Å². The Morgan fingerprint density at radius 1 is 0.571 bits per heavy atom. The zero-order valence-electron chi connectivity index (χ0n) is 32.2. The number of benzene rings is 4. The van der Waals surface area contributed by atoms with Crippen molar-refractivity contribution in [1.82, 2.24) is 0 Å². The van der Waals surface area contributed by atoms with Gasteiger partial charge in [-0.1, -0.05) is 110 Å². The van der Waals surface area contributed by atoms with Gasteiger partial charge in [-0.25, -0.2) is 4.79 Å². The molecule has 4 aromatic carbocycles. The maximum atomic E-state index is 12.8. The molecule has 0 radical (unpaired) electrons. The third kappa shape index (κ3) is 12.1. The van der Waals surface area contributed by atoms with Gasteiger partial charge in [-0.3, -0.25) is 24.0 Å². The molecule has 4 aromatic rings. The lowest BCUT2D eigenvalue weighted by Crippen LogP contribution is -2.43. The maximum Gasteiger partial charge on any atom is 0.348 e. The topological polar surface area (TPSA) is 150 Å². The summed E-state index contributed by atoms with van der Waals surface area (Å²) in [5.74, 6) is -4.10. The van der Waals surface area contributed by atoms with Crippen LogP contribution in [0, 0.1) is 0 Å². The van der Waals surface area contributed by atoms with Crippen molar-refractivity contribution in [2.24, 2.45) is 0 Å². The highest BCUT2D eigenvalue weighted by Crippen LogP contribution is 2.26. The Labute approximate surface area is 328 Å². The lowest BCUT2D eigenvalue weighted by atomic mass is 9.93. The number of unbranched alkanes of at least 4 members (excludes halogenated alkanes) is 3. The number of carboxylic acid groups (broad SMARTS) is 1. The molecule has 0 saturated heterocycles. The Hall–Kier alpha value is -5.90. The maximum absolute atomic E-state index is 12.8. The molecule has 294 valence electrons. The Morgan fingerprint density at radius 3 is 1.62 bits per heavy atom. The van der Waals surface area contributed by atoms with E-state index < -0.39 is 41.3 Å². The molecule has 0 aromatic heterocycles. The second-order valence-electron chi connectivity index (χ2n) is 13.8. The number of carbonyl (C=O) groups is 6. The predicted octanol–water partition coefficient (Wildman–Crippen LogP) is 8.65. The summed E-state index contributed by atoms with van der Waals surface area (Å²) in [5.41, 5.74) is 1.83. The molecule has 0 bridgehead atoms. The summed E-state index contributed by atoms with van der Waals surface area (Å²) in [6, 6.07) is 31.6. The largest absolute Gasteiger partial charge is 0.478 e. The van der Waals surface area contributed by atoms with Crippen LogP contribution in [0.3, 0.4) is 0 Å². The minimum Gasteiger partial charge on any atom is -0.478 e. The number of carbonyl (C=O) groups excluding carboxylic acids is 5. The molecule has 0 unspecified atom stereocenters. The molecule has 0 aliphatic heterocycles. The third-order valence-corrected chi connectivity index (χ3v) is 9.86. The molecule has 0 fully saturated rings. The summed E-state index contributed by atoms with van der Waals surface area (Å²) in [7, 11) is 0. The van der Waals surface area contributed by atoms with Gasteiger partial charge in [0.1, 0.15) is 0 Å². The van der Waals surface area contributed by atoms with Crippen molar-refractivity contribution in [1.29, 1.82) is 0 Å². The average molecular weight is 763 g/mol. The standard InChI is InChI=1S/C46H50O10/c1-4-46(45(52)53,28-13-15-30-55-43(50)32(2)34-24-26-37(27-25-34)41(48)35-17-8-5-9-18-35)56-40(47)23-12-7-14-29-54-44(51)33(3)38-21-16-22-39(31-38)42(49)36-19-10-6-11-20-36/h5-6,8-11,16-22,24-27,31-33H,4,7,12-15,23,28-30H2,1-3H3,(H,52,53)/t32-,33-,46+/m0/s1. The van der Waals surface area contributed by atoms with E-state index in [1.165, 1.54) is 0 Å². The van der Waals surface area contributed by atoms with E-state index in [-0.39, 0.29) is 44.0 Å². The number of hydrogen-bond acceptors (Lipinski definition) is 9. The van der Waals surface area contributed by atoms with Crippen LogP contribution in [0.15, 0.2) is 109 Å². The van der Waals surface area contributed by atoms with Crippen LogP contribution in [0.5, 0.6) is 0 Å². The number of hydrogen-bond donors (Lipinski definition) is 1. The number of ketones is 2. The van der Waals surface area contributed by atoms with Crippen LogP contribution in [0.25, 0.3) is 0 Å².